The Morgan fingerprint density at radius 1 is 1.09 bits per heavy atom. The van der Waals surface area contributed by atoms with E-state index < -0.39 is 0 Å². The molecule has 0 aromatic heterocycles. The fourth-order valence-electron chi connectivity index (χ4n) is 2.03. The molecule has 0 heterocycles. The third-order valence-electron chi connectivity index (χ3n) is 3.29. The van der Waals surface area contributed by atoms with Gasteiger partial charge < -0.3 is 9.47 Å². The van der Waals surface area contributed by atoms with E-state index in [1.807, 2.05) is 0 Å². The summed E-state index contributed by atoms with van der Waals surface area (Å²) in [5.41, 5.74) is 1.62. The molecule has 0 radical (unpaired) electrons. The molecular formula is C18H17FO3. The zero-order valence-corrected chi connectivity index (χ0v) is 12.7. The van der Waals surface area contributed by atoms with Gasteiger partial charge in [0.1, 0.15) is 17.3 Å². The summed E-state index contributed by atoms with van der Waals surface area (Å²) >= 11 is 0. The fraction of sp³-hybridized carbons (Fsp3) is 0.167. The molecule has 0 saturated heterocycles. The molecule has 0 spiro atoms. The maximum atomic E-state index is 13.2. The van der Waals surface area contributed by atoms with Crippen LogP contribution in [0.1, 0.15) is 21.5 Å². The number of ether oxygens (including phenoxy) is 2. The maximum Gasteiger partial charge on any atom is 0.185 e. The van der Waals surface area contributed by atoms with Crippen LogP contribution in [0.4, 0.5) is 4.39 Å². The topological polar surface area (TPSA) is 35.5 Å². The Kier molecular flexibility index (Phi) is 4.94. The van der Waals surface area contributed by atoms with E-state index >= 15 is 0 Å². The summed E-state index contributed by atoms with van der Waals surface area (Å²) in [4.78, 5) is 12.2. The number of ketones is 1. The zero-order chi connectivity index (χ0) is 16.1. The lowest BCUT2D eigenvalue weighted by Crippen LogP contribution is -1.96. The number of carbonyl (C=O) groups excluding carboxylic acids is 1. The molecule has 2 rings (SSSR count). The number of halogens is 1. The Bertz CT molecular complexity index is 720. The summed E-state index contributed by atoms with van der Waals surface area (Å²) < 4.78 is 23.6. The highest BCUT2D eigenvalue weighted by Crippen LogP contribution is 2.25. The second-order valence-electron chi connectivity index (χ2n) is 4.77. The molecule has 0 atom stereocenters. The van der Waals surface area contributed by atoms with E-state index in [9.17, 15) is 9.18 Å². The van der Waals surface area contributed by atoms with Gasteiger partial charge in [0.2, 0.25) is 0 Å². The molecule has 0 amide bonds. The smallest absolute Gasteiger partial charge is 0.185 e. The van der Waals surface area contributed by atoms with Gasteiger partial charge >= 0.3 is 0 Å². The highest BCUT2D eigenvalue weighted by atomic mass is 19.1. The number of aryl methyl sites for hydroxylation is 1. The minimum absolute atomic E-state index is 0.201. The molecule has 2 aromatic rings. The van der Waals surface area contributed by atoms with Gasteiger partial charge in [-0.1, -0.05) is 0 Å². The molecule has 0 aliphatic rings. The van der Waals surface area contributed by atoms with Gasteiger partial charge in [-0.3, -0.25) is 4.79 Å². The van der Waals surface area contributed by atoms with Crippen molar-refractivity contribution in [1.82, 2.24) is 0 Å². The van der Waals surface area contributed by atoms with Crippen LogP contribution >= 0.6 is 0 Å². The summed E-state index contributed by atoms with van der Waals surface area (Å²) in [7, 11) is 3.13. The molecule has 0 bridgehead atoms. The van der Waals surface area contributed by atoms with E-state index in [-0.39, 0.29) is 11.6 Å². The molecule has 0 saturated carbocycles. The molecule has 114 valence electrons. The second kappa shape index (κ2) is 6.89. The predicted molar refractivity (Wildman–Crippen MR) is 84.0 cm³/mol. The van der Waals surface area contributed by atoms with Crippen molar-refractivity contribution in [3.63, 3.8) is 0 Å². The van der Waals surface area contributed by atoms with Crippen molar-refractivity contribution in [2.24, 2.45) is 0 Å². The lowest BCUT2D eigenvalue weighted by molar-refractivity contribution is 0.104. The van der Waals surface area contributed by atoms with E-state index in [2.05, 4.69) is 0 Å². The third-order valence-corrected chi connectivity index (χ3v) is 3.29. The number of allylic oxidation sites excluding steroid dienone is 1. The number of benzene rings is 2. The molecule has 2 aromatic carbocycles. The normalized spacial score (nSPS) is 10.7. The van der Waals surface area contributed by atoms with Crippen LogP contribution in [0.15, 0.2) is 42.5 Å². The number of hydrogen-bond donors (Lipinski definition) is 0. The molecule has 0 N–H and O–H groups in total. The number of methoxy groups -OCH3 is 2. The van der Waals surface area contributed by atoms with Crippen molar-refractivity contribution < 1.29 is 18.7 Å². The number of rotatable bonds is 5. The zero-order valence-electron chi connectivity index (χ0n) is 12.7. The predicted octanol–water partition coefficient (Wildman–Crippen LogP) is 4.05. The molecule has 3 nitrogen and oxygen atoms in total. The van der Waals surface area contributed by atoms with Gasteiger partial charge in [0.25, 0.3) is 0 Å². The summed E-state index contributed by atoms with van der Waals surface area (Å²) in [6, 6.07) is 9.62. The largest absolute Gasteiger partial charge is 0.497 e. The monoisotopic (exact) mass is 300 g/mol. The summed E-state index contributed by atoms with van der Waals surface area (Å²) in [6.07, 6.45) is 3.09. The highest BCUT2D eigenvalue weighted by Gasteiger charge is 2.06. The Hall–Kier alpha value is -2.62. The van der Waals surface area contributed by atoms with Crippen LogP contribution in [0.5, 0.6) is 11.5 Å². The van der Waals surface area contributed by atoms with Crippen LogP contribution in [0, 0.1) is 12.7 Å². The van der Waals surface area contributed by atoms with E-state index in [1.165, 1.54) is 24.3 Å². The summed E-state index contributed by atoms with van der Waals surface area (Å²) in [5.74, 6) is 0.786. The van der Waals surface area contributed by atoms with E-state index in [1.54, 1.807) is 45.4 Å². The Morgan fingerprint density at radius 2 is 1.86 bits per heavy atom. The molecule has 0 aliphatic carbocycles. The van der Waals surface area contributed by atoms with Crippen LogP contribution in [0.2, 0.25) is 0 Å². The first-order valence-electron chi connectivity index (χ1n) is 6.75. The minimum Gasteiger partial charge on any atom is -0.497 e. The van der Waals surface area contributed by atoms with Gasteiger partial charge in [0, 0.05) is 11.1 Å². The standard InChI is InChI=1S/C18H17FO3/c1-12-10-13(4-7-16(12)19)17(20)8-5-14-11-15(21-2)6-9-18(14)22-3/h4-11H,1-3H3/b8-5+. The van der Waals surface area contributed by atoms with Crippen molar-refractivity contribution in [2.75, 3.05) is 14.2 Å². The van der Waals surface area contributed by atoms with Gasteiger partial charge in [-0.05, 0) is 61.0 Å². The van der Waals surface area contributed by atoms with Gasteiger partial charge in [-0.15, -0.1) is 0 Å². The Labute approximate surface area is 129 Å². The average molecular weight is 300 g/mol. The molecule has 0 unspecified atom stereocenters. The van der Waals surface area contributed by atoms with Crippen molar-refractivity contribution in [1.29, 1.82) is 0 Å². The van der Waals surface area contributed by atoms with Gasteiger partial charge in [-0.2, -0.15) is 0 Å². The molecule has 22 heavy (non-hydrogen) atoms. The van der Waals surface area contributed by atoms with Crippen LogP contribution in [-0.4, -0.2) is 20.0 Å². The number of carbonyl (C=O) groups is 1. The van der Waals surface area contributed by atoms with Crippen LogP contribution < -0.4 is 9.47 Å². The van der Waals surface area contributed by atoms with Crippen molar-refractivity contribution in [3.05, 3.63) is 65.0 Å². The maximum absolute atomic E-state index is 13.2. The van der Waals surface area contributed by atoms with Crippen molar-refractivity contribution in [3.8, 4) is 11.5 Å². The molecule has 0 aliphatic heterocycles. The van der Waals surface area contributed by atoms with Gasteiger partial charge in [-0.25, -0.2) is 4.39 Å². The minimum atomic E-state index is -0.324. The summed E-state index contributed by atoms with van der Waals surface area (Å²) in [5, 5.41) is 0. The SMILES string of the molecule is COc1ccc(OC)c(/C=C/C(=O)c2ccc(F)c(C)c2)c1. The Balaban J connectivity index is 2.27. The lowest BCUT2D eigenvalue weighted by Gasteiger charge is -2.07. The van der Waals surface area contributed by atoms with Gasteiger partial charge in [0.15, 0.2) is 5.78 Å². The van der Waals surface area contributed by atoms with E-state index in [0.29, 0.717) is 22.6 Å². The van der Waals surface area contributed by atoms with Gasteiger partial charge in [0.05, 0.1) is 14.2 Å². The van der Waals surface area contributed by atoms with Crippen LogP contribution in [0.25, 0.3) is 6.08 Å². The van der Waals surface area contributed by atoms with E-state index in [4.69, 9.17) is 9.47 Å². The quantitative estimate of drug-likeness (QED) is 0.617. The van der Waals surface area contributed by atoms with Crippen molar-refractivity contribution in [2.45, 2.75) is 6.92 Å². The highest BCUT2D eigenvalue weighted by molar-refractivity contribution is 6.07. The van der Waals surface area contributed by atoms with Crippen molar-refractivity contribution >= 4 is 11.9 Å². The third kappa shape index (κ3) is 3.52. The van der Waals surface area contributed by atoms with E-state index in [0.717, 1.165) is 5.56 Å². The first-order valence-corrected chi connectivity index (χ1v) is 6.75. The first kappa shape index (κ1) is 15.8. The summed E-state index contributed by atoms with van der Waals surface area (Å²) in [6.45, 7) is 1.63. The Morgan fingerprint density at radius 3 is 2.50 bits per heavy atom. The second-order valence-corrected chi connectivity index (χ2v) is 4.77. The number of hydrogen-bond acceptors (Lipinski definition) is 3. The average Bonchev–Trinajstić information content (AvgIpc) is 2.54. The molecular weight excluding hydrogens is 283 g/mol. The molecule has 4 heteroatoms. The van der Waals surface area contributed by atoms with Crippen LogP contribution in [-0.2, 0) is 0 Å². The lowest BCUT2D eigenvalue weighted by atomic mass is 10.1. The van der Waals surface area contributed by atoms with Crippen LogP contribution in [0.3, 0.4) is 0 Å². The molecule has 0 fully saturated rings. The first-order chi connectivity index (χ1) is 10.5. The fourth-order valence-corrected chi connectivity index (χ4v) is 2.03.